The predicted octanol–water partition coefficient (Wildman–Crippen LogP) is 3.14. The first-order valence-electron chi connectivity index (χ1n) is 9.85. The molecule has 7 heteroatoms. The SMILES string of the molecule is C[C@]12CC[C@H](C[C@@H]1C(=O)NCc1cccs1)[C@]1(C2)NC(=O)c2cccnc2N1. The third-order valence-electron chi connectivity index (χ3n) is 6.87. The molecule has 3 N–H and O–H groups in total. The van der Waals surface area contributed by atoms with E-state index in [-0.39, 0.29) is 29.1 Å². The predicted molar refractivity (Wildman–Crippen MR) is 108 cm³/mol. The van der Waals surface area contributed by atoms with Gasteiger partial charge in [-0.05, 0) is 54.7 Å². The molecule has 0 aromatic carbocycles. The van der Waals surface area contributed by atoms with Crippen molar-refractivity contribution in [3.8, 4) is 0 Å². The van der Waals surface area contributed by atoms with Gasteiger partial charge in [-0.2, -0.15) is 0 Å². The van der Waals surface area contributed by atoms with Crippen LogP contribution in [0.1, 0.15) is 47.8 Å². The summed E-state index contributed by atoms with van der Waals surface area (Å²) in [7, 11) is 0. The van der Waals surface area contributed by atoms with Gasteiger partial charge in [0.15, 0.2) is 0 Å². The van der Waals surface area contributed by atoms with Crippen LogP contribution < -0.4 is 16.0 Å². The number of anilines is 1. The van der Waals surface area contributed by atoms with Crippen molar-refractivity contribution in [2.45, 2.75) is 44.8 Å². The quantitative estimate of drug-likeness (QED) is 0.744. The lowest BCUT2D eigenvalue weighted by Gasteiger charge is -2.60. The van der Waals surface area contributed by atoms with Gasteiger partial charge in [0.2, 0.25) is 5.91 Å². The zero-order valence-corrected chi connectivity index (χ0v) is 16.6. The number of fused-ring (bicyclic) bond motifs is 3. The Morgan fingerprint density at radius 1 is 1.36 bits per heavy atom. The maximum absolute atomic E-state index is 13.0. The number of hydrogen-bond acceptors (Lipinski definition) is 5. The molecular weight excluding hydrogens is 372 g/mol. The van der Waals surface area contributed by atoms with Crippen molar-refractivity contribution in [1.29, 1.82) is 0 Å². The molecule has 4 aliphatic rings. The standard InChI is InChI=1S/C21H24N4O2S/c1-20-7-6-13(10-16(20)19(27)23-11-14-4-3-9-28-14)21(12-20)24-17-15(18(26)25-21)5-2-8-22-17/h2-5,8-9,13,16H,6-7,10-12H2,1H3,(H,22,24)(H,23,27)(H,25,26)/t13-,16-,20-,21+/m1/s1. The molecule has 1 aliphatic heterocycles. The third kappa shape index (κ3) is 2.71. The summed E-state index contributed by atoms with van der Waals surface area (Å²) in [5.74, 6) is 0.903. The Balaban J connectivity index is 1.37. The molecule has 2 bridgehead atoms. The molecule has 6 rings (SSSR count). The summed E-state index contributed by atoms with van der Waals surface area (Å²) in [6.07, 6.45) is 5.23. The van der Waals surface area contributed by atoms with Gasteiger partial charge in [0.1, 0.15) is 11.5 Å². The molecule has 6 nitrogen and oxygen atoms in total. The topological polar surface area (TPSA) is 83.1 Å². The summed E-state index contributed by atoms with van der Waals surface area (Å²) < 4.78 is 0. The Labute approximate surface area is 168 Å². The second-order valence-corrected chi connectivity index (χ2v) is 9.63. The minimum atomic E-state index is -0.504. The maximum atomic E-state index is 13.0. The Hall–Kier alpha value is -2.41. The molecule has 3 fully saturated rings. The van der Waals surface area contributed by atoms with Gasteiger partial charge < -0.3 is 16.0 Å². The van der Waals surface area contributed by atoms with E-state index >= 15 is 0 Å². The highest BCUT2D eigenvalue weighted by Crippen LogP contribution is 2.58. The molecule has 146 valence electrons. The smallest absolute Gasteiger partial charge is 0.256 e. The van der Waals surface area contributed by atoms with Crippen LogP contribution in [0.4, 0.5) is 5.82 Å². The van der Waals surface area contributed by atoms with Gasteiger partial charge in [0.25, 0.3) is 5.91 Å². The fourth-order valence-corrected chi connectivity index (χ4v) is 6.08. The highest BCUT2D eigenvalue weighted by molar-refractivity contribution is 7.09. The summed E-state index contributed by atoms with van der Waals surface area (Å²) in [4.78, 5) is 31.3. The van der Waals surface area contributed by atoms with Crippen molar-refractivity contribution >= 4 is 29.0 Å². The number of amides is 2. The first-order valence-corrected chi connectivity index (χ1v) is 10.7. The monoisotopic (exact) mass is 396 g/mol. The molecule has 3 saturated carbocycles. The molecule has 1 spiro atoms. The maximum Gasteiger partial charge on any atom is 0.256 e. The van der Waals surface area contributed by atoms with E-state index in [2.05, 4.69) is 27.9 Å². The number of nitrogens with zero attached hydrogens (tertiary/aromatic N) is 1. The van der Waals surface area contributed by atoms with Crippen LogP contribution >= 0.6 is 11.3 Å². The third-order valence-corrected chi connectivity index (χ3v) is 7.75. The molecule has 4 atom stereocenters. The number of pyridine rings is 1. The van der Waals surface area contributed by atoms with Crippen LogP contribution in [-0.4, -0.2) is 22.5 Å². The van der Waals surface area contributed by atoms with Crippen LogP contribution in [0.3, 0.4) is 0 Å². The van der Waals surface area contributed by atoms with E-state index in [1.165, 1.54) is 4.88 Å². The first kappa shape index (κ1) is 17.7. The van der Waals surface area contributed by atoms with Crippen LogP contribution in [-0.2, 0) is 11.3 Å². The fraction of sp³-hybridized carbons (Fsp3) is 0.476. The number of rotatable bonds is 3. The van der Waals surface area contributed by atoms with Gasteiger partial charge in [0, 0.05) is 22.9 Å². The largest absolute Gasteiger partial charge is 0.351 e. The summed E-state index contributed by atoms with van der Waals surface area (Å²) >= 11 is 1.66. The van der Waals surface area contributed by atoms with Gasteiger partial charge in [-0.3, -0.25) is 9.59 Å². The van der Waals surface area contributed by atoms with E-state index in [0.717, 1.165) is 25.7 Å². The summed E-state index contributed by atoms with van der Waals surface area (Å²) in [6.45, 7) is 2.78. The van der Waals surface area contributed by atoms with Crippen LogP contribution in [0.2, 0.25) is 0 Å². The number of carbonyl (C=O) groups is 2. The second kappa shape index (κ2) is 6.30. The Morgan fingerprint density at radius 3 is 3.04 bits per heavy atom. The van der Waals surface area contributed by atoms with Crippen LogP contribution in [0, 0.1) is 17.3 Å². The van der Waals surface area contributed by atoms with Gasteiger partial charge in [-0.1, -0.05) is 13.0 Å². The molecule has 28 heavy (non-hydrogen) atoms. The van der Waals surface area contributed by atoms with Gasteiger partial charge in [0.05, 0.1) is 12.1 Å². The van der Waals surface area contributed by atoms with Crippen molar-refractivity contribution in [3.63, 3.8) is 0 Å². The van der Waals surface area contributed by atoms with Crippen LogP contribution in [0.5, 0.6) is 0 Å². The number of hydrogen-bond donors (Lipinski definition) is 3. The summed E-state index contributed by atoms with van der Waals surface area (Å²) in [5.41, 5.74) is -0.0680. The van der Waals surface area contributed by atoms with Crippen molar-refractivity contribution in [1.82, 2.24) is 15.6 Å². The van der Waals surface area contributed by atoms with E-state index in [0.29, 0.717) is 17.9 Å². The van der Waals surface area contributed by atoms with Gasteiger partial charge in [-0.15, -0.1) is 11.3 Å². The number of nitrogens with one attached hydrogen (secondary N) is 3. The second-order valence-electron chi connectivity index (χ2n) is 8.60. The van der Waals surface area contributed by atoms with E-state index in [1.807, 2.05) is 17.5 Å². The Bertz CT molecular complexity index is 930. The Morgan fingerprint density at radius 2 is 2.25 bits per heavy atom. The van der Waals surface area contributed by atoms with E-state index in [1.54, 1.807) is 29.7 Å². The molecule has 2 aromatic rings. The van der Waals surface area contributed by atoms with Crippen LogP contribution in [0.15, 0.2) is 35.8 Å². The highest BCUT2D eigenvalue weighted by Gasteiger charge is 2.60. The lowest BCUT2D eigenvalue weighted by molar-refractivity contribution is -0.139. The van der Waals surface area contributed by atoms with Crippen LogP contribution in [0.25, 0.3) is 0 Å². The van der Waals surface area contributed by atoms with Gasteiger partial charge in [-0.25, -0.2) is 4.98 Å². The highest BCUT2D eigenvalue weighted by atomic mass is 32.1. The molecule has 0 radical (unpaired) electrons. The number of thiophene rings is 1. The van der Waals surface area contributed by atoms with Crippen molar-refractivity contribution in [2.75, 3.05) is 5.32 Å². The zero-order valence-electron chi connectivity index (χ0n) is 15.8. The van der Waals surface area contributed by atoms with E-state index in [4.69, 9.17) is 0 Å². The van der Waals surface area contributed by atoms with Crippen molar-refractivity contribution in [3.05, 3.63) is 46.3 Å². The normalized spacial score (nSPS) is 33.1. The lowest BCUT2D eigenvalue weighted by atomic mass is 9.51. The Kier molecular flexibility index (Phi) is 3.98. The average Bonchev–Trinajstić information content (AvgIpc) is 3.19. The zero-order chi connectivity index (χ0) is 19.4. The molecule has 0 saturated heterocycles. The van der Waals surface area contributed by atoms with Gasteiger partial charge >= 0.3 is 0 Å². The summed E-state index contributed by atoms with van der Waals surface area (Å²) in [5, 5.41) is 11.9. The molecule has 0 unspecified atom stereocenters. The lowest BCUT2D eigenvalue weighted by Crippen LogP contribution is -2.70. The summed E-state index contributed by atoms with van der Waals surface area (Å²) in [6, 6.07) is 7.62. The molecule has 2 aromatic heterocycles. The molecule has 3 aliphatic carbocycles. The molecule has 3 heterocycles. The van der Waals surface area contributed by atoms with E-state index in [9.17, 15) is 9.59 Å². The average molecular weight is 397 g/mol. The number of aromatic nitrogens is 1. The minimum Gasteiger partial charge on any atom is -0.351 e. The van der Waals surface area contributed by atoms with E-state index < -0.39 is 5.66 Å². The first-order chi connectivity index (χ1) is 13.5. The molecule has 2 amide bonds. The molecular formula is C21H24N4O2S. The fourth-order valence-electron chi connectivity index (χ4n) is 5.43. The van der Waals surface area contributed by atoms with Crippen molar-refractivity contribution in [2.24, 2.45) is 17.3 Å². The van der Waals surface area contributed by atoms with Crippen molar-refractivity contribution < 1.29 is 9.59 Å². The number of carbonyl (C=O) groups excluding carboxylic acids is 2. The minimum absolute atomic E-state index is 0.0272.